The molecule has 0 saturated carbocycles. The highest BCUT2D eigenvalue weighted by Gasteiger charge is 2.11. The van der Waals surface area contributed by atoms with Crippen LogP contribution in [0.5, 0.6) is 0 Å². The van der Waals surface area contributed by atoms with Crippen LogP contribution in [-0.2, 0) is 13.6 Å². The molecule has 2 aromatic heterocycles. The smallest absolute Gasteiger partial charge is 0.0900 e. The van der Waals surface area contributed by atoms with Gasteiger partial charge in [0.25, 0.3) is 0 Å². The van der Waals surface area contributed by atoms with Gasteiger partial charge in [0.15, 0.2) is 0 Å². The minimum absolute atomic E-state index is 0.717. The lowest BCUT2D eigenvalue weighted by Gasteiger charge is -2.05. The van der Waals surface area contributed by atoms with Gasteiger partial charge < -0.3 is 4.57 Å². The maximum Gasteiger partial charge on any atom is 0.0900 e. The number of para-hydroxylation sites is 2. The van der Waals surface area contributed by atoms with Gasteiger partial charge in [-0.25, -0.2) is 0 Å². The van der Waals surface area contributed by atoms with Crippen molar-refractivity contribution < 1.29 is 0 Å². The van der Waals surface area contributed by atoms with E-state index in [-0.39, 0.29) is 0 Å². The van der Waals surface area contributed by atoms with Crippen molar-refractivity contribution >= 4 is 33.4 Å². The first-order valence-electron chi connectivity index (χ1n) is 6.88. The lowest BCUT2D eigenvalue weighted by Crippen LogP contribution is -2.00. The van der Waals surface area contributed by atoms with Crippen LogP contribution < -0.4 is 0 Å². The van der Waals surface area contributed by atoms with Gasteiger partial charge in [-0.1, -0.05) is 41.9 Å². The Balaban J connectivity index is 1.87. The first kappa shape index (κ1) is 12.5. The third-order valence-corrected chi connectivity index (χ3v) is 4.20. The number of hydrogen-bond donors (Lipinski definition) is 0. The van der Waals surface area contributed by atoms with E-state index in [2.05, 4.69) is 40.1 Å². The standard InChI is InChI=1S/C17H14ClN3/c1-20-16-8-3-2-6-13(16)15(19-20)11-21-10-9-12-5-4-7-14(18)17(12)21/h2-10H,11H2,1H3. The summed E-state index contributed by atoms with van der Waals surface area (Å²) >= 11 is 6.35. The van der Waals surface area contributed by atoms with Crippen molar-refractivity contribution in [1.29, 1.82) is 0 Å². The minimum Gasteiger partial charge on any atom is -0.340 e. The Hall–Kier alpha value is -2.26. The van der Waals surface area contributed by atoms with E-state index in [1.54, 1.807) is 0 Å². The van der Waals surface area contributed by atoms with Crippen molar-refractivity contribution in [3.63, 3.8) is 0 Å². The van der Waals surface area contributed by atoms with Crippen molar-refractivity contribution in [3.05, 3.63) is 65.4 Å². The molecule has 0 bridgehead atoms. The van der Waals surface area contributed by atoms with Crippen LogP contribution in [0, 0.1) is 0 Å². The van der Waals surface area contributed by atoms with E-state index >= 15 is 0 Å². The fourth-order valence-electron chi connectivity index (χ4n) is 2.91. The predicted molar refractivity (Wildman–Crippen MR) is 86.8 cm³/mol. The Morgan fingerprint density at radius 2 is 1.90 bits per heavy atom. The Labute approximate surface area is 127 Å². The molecule has 0 aliphatic rings. The molecule has 0 spiro atoms. The van der Waals surface area contributed by atoms with Gasteiger partial charge in [-0.3, -0.25) is 4.68 Å². The summed E-state index contributed by atoms with van der Waals surface area (Å²) in [6, 6.07) is 16.4. The number of aryl methyl sites for hydroxylation is 1. The first-order chi connectivity index (χ1) is 10.2. The van der Waals surface area contributed by atoms with Gasteiger partial charge in [-0.05, 0) is 18.2 Å². The molecule has 4 aromatic rings. The predicted octanol–water partition coefficient (Wildman–Crippen LogP) is 4.23. The number of fused-ring (bicyclic) bond motifs is 2. The van der Waals surface area contributed by atoms with E-state index in [0.29, 0.717) is 6.54 Å². The third-order valence-electron chi connectivity index (χ3n) is 3.89. The lowest BCUT2D eigenvalue weighted by atomic mass is 10.2. The fraction of sp³-hybridized carbons (Fsp3) is 0.118. The quantitative estimate of drug-likeness (QED) is 0.542. The molecule has 4 heteroatoms. The summed E-state index contributed by atoms with van der Waals surface area (Å²) in [5.41, 5.74) is 3.27. The highest BCUT2D eigenvalue weighted by atomic mass is 35.5. The number of halogens is 1. The van der Waals surface area contributed by atoms with Crippen molar-refractivity contribution in [2.24, 2.45) is 7.05 Å². The van der Waals surface area contributed by atoms with Gasteiger partial charge in [-0.15, -0.1) is 0 Å². The SMILES string of the molecule is Cn1nc(Cn2ccc3cccc(Cl)c32)c2ccccc21. The fourth-order valence-corrected chi connectivity index (χ4v) is 3.20. The summed E-state index contributed by atoms with van der Waals surface area (Å²) in [5, 5.41) is 7.77. The van der Waals surface area contributed by atoms with Crippen LogP contribution in [0.2, 0.25) is 5.02 Å². The number of rotatable bonds is 2. The zero-order valence-electron chi connectivity index (χ0n) is 11.6. The van der Waals surface area contributed by atoms with Gasteiger partial charge in [0.05, 0.1) is 28.3 Å². The molecule has 2 aromatic carbocycles. The first-order valence-corrected chi connectivity index (χ1v) is 7.26. The van der Waals surface area contributed by atoms with E-state index in [9.17, 15) is 0 Å². The molecule has 0 radical (unpaired) electrons. The Morgan fingerprint density at radius 3 is 2.81 bits per heavy atom. The Kier molecular flexibility index (Phi) is 2.76. The van der Waals surface area contributed by atoms with Crippen LogP contribution in [0.3, 0.4) is 0 Å². The molecule has 0 amide bonds. The van der Waals surface area contributed by atoms with Crippen LogP contribution in [-0.4, -0.2) is 14.3 Å². The molecular formula is C17H14ClN3. The monoisotopic (exact) mass is 295 g/mol. The Morgan fingerprint density at radius 1 is 1.05 bits per heavy atom. The normalized spacial score (nSPS) is 11.5. The molecule has 21 heavy (non-hydrogen) atoms. The van der Waals surface area contributed by atoms with Crippen molar-refractivity contribution in [2.75, 3.05) is 0 Å². The average molecular weight is 296 g/mol. The molecule has 0 fully saturated rings. The largest absolute Gasteiger partial charge is 0.340 e. The van der Waals surface area contributed by atoms with Crippen molar-refractivity contribution in [1.82, 2.24) is 14.3 Å². The lowest BCUT2D eigenvalue weighted by molar-refractivity contribution is 0.732. The zero-order valence-corrected chi connectivity index (χ0v) is 12.4. The molecule has 3 nitrogen and oxygen atoms in total. The second-order valence-electron chi connectivity index (χ2n) is 5.21. The average Bonchev–Trinajstić information content (AvgIpc) is 3.04. The van der Waals surface area contributed by atoms with Crippen LogP contribution >= 0.6 is 11.6 Å². The van der Waals surface area contributed by atoms with Gasteiger partial charge in [-0.2, -0.15) is 5.10 Å². The molecule has 0 unspecified atom stereocenters. The second-order valence-corrected chi connectivity index (χ2v) is 5.62. The van der Waals surface area contributed by atoms with Gasteiger partial charge in [0, 0.05) is 24.0 Å². The van der Waals surface area contributed by atoms with E-state index in [0.717, 1.165) is 27.1 Å². The summed E-state index contributed by atoms with van der Waals surface area (Å²) in [6.45, 7) is 0.717. The maximum atomic E-state index is 6.35. The van der Waals surface area contributed by atoms with Crippen molar-refractivity contribution in [2.45, 2.75) is 6.54 Å². The van der Waals surface area contributed by atoms with E-state index in [4.69, 9.17) is 11.6 Å². The molecule has 0 aliphatic heterocycles. The molecule has 0 saturated heterocycles. The number of aromatic nitrogens is 3. The molecule has 2 heterocycles. The van der Waals surface area contributed by atoms with Crippen LogP contribution in [0.15, 0.2) is 54.7 Å². The van der Waals surface area contributed by atoms with Gasteiger partial charge in [0.1, 0.15) is 0 Å². The number of hydrogen-bond acceptors (Lipinski definition) is 1. The summed E-state index contributed by atoms with van der Waals surface area (Å²) in [4.78, 5) is 0. The topological polar surface area (TPSA) is 22.8 Å². The molecule has 0 N–H and O–H groups in total. The Bertz CT molecular complexity index is 949. The highest BCUT2D eigenvalue weighted by molar-refractivity contribution is 6.35. The van der Waals surface area contributed by atoms with E-state index < -0.39 is 0 Å². The number of benzene rings is 2. The van der Waals surface area contributed by atoms with Crippen LogP contribution in [0.1, 0.15) is 5.69 Å². The number of nitrogens with zero attached hydrogens (tertiary/aromatic N) is 3. The molecule has 0 atom stereocenters. The summed E-state index contributed by atoms with van der Waals surface area (Å²) < 4.78 is 4.09. The van der Waals surface area contributed by atoms with Crippen LogP contribution in [0.4, 0.5) is 0 Å². The van der Waals surface area contributed by atoms with E-state index in [1.165, 1.54) is 5.39 Å². The summed E-state index contributed by atoms with van der Waals surface area (Å²) in [5.74, 6) is 0. The third kappa shape index (κ3) is 1.93. The van der Waals surface area contributed by atoms with Gasteiger partial charge >= 0.3 is 0 Å². The maximum absolute atomic E-state index is 6.35. The molecule has 4 rings (SSSR count). The zero-order chi connectivity index (χ0) is 14.4. The van der Waals surface area contributed by atoms with Gasteiger partial charge in [0.2, 0.25) is 0 Å². The van der Waals surface area contributed by atoms with Crippen LogP contribution in [0.25, 0.3) is 21.8 Å². The summed E-state index contributed by atoms with van der Waals surface area (Å²) in [7, 11) is 1.98. The minimum atomic E-state index is 0.717. The molecule has 104 valence electrons. The molecule has 0 aliphatic carbocycles. The highest BCUT2D eigenvalue weighted by Crippen LogP contribution is 2.26. The summed E-state index contributed by atoms with van der Waals surface area (Å²) in [6.07, 6.45) is 2.07. The van der Waals surface area contributed by atoms with E-state index in [1.807, 2.05) is 36.0 Å². The van der Waals surface area contributed by atoms with Crippen molar-refractivity contribution in [3.8, 4) is 0 Å². The molecular weight excluding hydrogens is 282 g/mol. The second kappa shape index (κ2) is 4.64.